The van der Waals surface area contributed by atoms with Crippen LogP contribution in [0.25, 0.3) is 88.0 Å². The minimum absolute atomic E-state index is 1.22. The highest BCUT2D eigenvalue weighted by Crippen LogP contribution is 2.40. The minimum atomic E-state index is 1.22. The van der Waals surface area contributed by atoms with Gasteiger partial charge in [0.25, 0.3) is 0 Å². The highest BCUT2D eigenvalue weighted by atomic mass is 14.2. The minimum Gasteiger partial charge on any atom is -0.0622 e. The van der Waals surface area contributed by atoms with Crippen LogP contribution in [0.4, 0.5) is 0 Å². The molecule has 0 saturated heterocycles. The zero-order valence-corrected chi connectivity index (χ0v) is 29.2. The van der Waals surface area contributed by atoms with E-state index in [-0.39, 0.29) is 0 Å². The molecule has 51 heavy (non-hydrogen) atoms. The Morgan fingerprint density at radius 2 is 0.647 bits per heavy atom. The third-order valence-corrected chi connectivity index (χ3v) is 10.5. The van der Waals surface area contributed by atoms with E-state index in [1.807, 2.05) is 0 Å². The predicted molar refractivity (Wildman–Crippen MR) is 220 cm³/mol. The summed E-state index contributed by atoms with van der Waals surface area (Å²) < 4.78 is 0. The topological polar surface area (TPSA) is 0 Å². The Morgan fingerprint density at radius 1 is 0.235 bits per heavy atom. The summed E-state index contributed by atoms with van der Waals surface area (Å²) in [4.78, 5) is 0. The van der Waals surface area contributed by atoms with E-state index in [1.54, 1.807) is 0 Å². The van der Waals surface area contributed by atoms with Crippen LogP contribution < -0.4 is 0 Å². The normalized spacial score (nSPS) is 11.4. The Morgan fingerprint density at radius 3 is 1.27 bits per heavy atom. The zero-order chi connectivity index (χ0) is 34.5. The van der Waals surface area contributed by atoms with Crippen LogP contribution in [0, 0.1) is 20.8 Å². The number of benzene rings is 9. The maximum absolute atomic E-state index is 2.40. The van der Waals surface area contributed by atoms with E-state index < -0.39 is 0 Å². The standard InChI is InChI=1S/C51H38/c1-33-26-42(40-15-11-14-39(30-40)38-22-20-37(21-23-38)36-12-5-4-6-13-36)31-43(27-33)50-29-34(2)49(28-35(50)3)41-24-25-48-46-18-8-7-16-44(46)45-17-9-10-19-47(45)51(48)32-41/h4-32H,1-3H3. The van der Waals surface area contributed by atoms with Gasteiger partial charge < -0.3 is 0 Å². The molecule has 0 N–H and O–H groups in total. The van der Waals surface area contributed by atoms with Gasteiger partial charge in [-0.1, -0.05) is 158 Å². The van der Waals surface area contributed by atoms with Crippen LogP contribution in [0.3, 0.4) is 0 Å². The van der Waals surface area contributed by atoms with Gasteiger partial charge in [-0.05, 0) is 144 Å². The molecule has 0 heteroatoms. The number of rotatable bonds is 5. The van der Waals surface area contributed by atoms with Crippen molar-refractivity contribution in [3.05, 3.63) is 193 Å². The first kappa shape index (κ1) is 30.8. The lowest BCUT2D eigenvalue weighted by atomic mass is 9.88. The van der Waals surface area contributed by atoms with Crippen LogP contribution in [0.5, 0.6) is 0 Å². The molecule has 0 aliphatic carbocycles. The summed E-state index contributed by atoms with van der Waals surface area (Å²) in [7, 11) is 0. The smallest absolute Gasteiger partial charge is 0.00928 e. The lowest BCUT2D eigenvalue weighted by Gasteiger charge is -2.16. The second-order valence-corrected chi connectivity index (χ2v) is 13.9. The third kappa shape index (κ3) is 5.60. The van der Waals surface area contributed by atoms with Crippen molar-refractivity contribution >= 4 is 32.3 Å². The van der Waals surface area contributed by atoms with Gasteiger partial charge in [0, 0.05) is 0 Å². The fourth-order valence-electron chi connectivity index (χ4n) is 7.98. The Kier molecular flexibility index (Phi) is 7.59. The Labute approximate surface area is 300 Å². The molecule has 0 amide bonds. The molecule has 9 aromatic carbocycles. The average Bonchev–Trinajstić information content (AvgIpc) is 3.19. The van der Waals surface area contributed by atoms with Crippen LogP contribution in [-0.2, 0) is 0 Å². The largest absolute Gasteiger partial charge is 0.0622 e. The molecular formula is C51H38. The number of fused-ring (bicyclic) bond motifs is 6. The molecule has 0 nitrogen and oxygen atoms in total. The molecule has 0 fully saturated rings. The van der Waals surface area contributed by atoms with Crippen molar-refractivity contribution in [2.75, 3.05) is 0 Å². The van der Waals surface area contributed by atoms with Gasteiger partial charge in [0.15, 0.2) is 0 Å². The van der Waals surface area contributed by atoms with Gasteiger partial charge in [0.05, 0.1) is 0 Å². The first-order valence-corrected chi connectivity index (χ1v) is 17.8. The van der Waals surface area contributed by atoms with Crippen molar-refractivity contribution in [1.29, 1.82) is 0 Å². The zero-order valence-electron chi connectivity index (χ0n) is 29.2. The van der Waals surface area contributed by atoms with Crippen LogP contribution in [0.2, 0.25) is 0 Å². The van der Waals surface area contributed by atoms with E-state index in [1.165, 1.54) is 105 Å². The molecule has 9 rings (SSSR count). The summed E-state index contributed by atoms with van der Waals surface area (Å²) in [5, 5.41) is 7.84. The van der Waals surface area contributed by atoms with Gasteiger partial charge in [-0.2, -0.15) is 0 Å². The van der Waals surface area contributed by atoms with Gasteiger partial charge in [-0.15, -0.1) is 0 Å². The van der Waals surface area contributed by atoms with Crippen molar-refractivity contribution < 1.29 is 0 Å². The quantitative estimate of drug-likeness (QED) is 0.163. The van der Waals surface area contributed by atoms with Crippen molar-refractivity contribution in [3.8, 4) is 55.6 Å². The first-order valence-electron chi connectivity index (χ1n) is 17.8. The lowest BCUT2D eigenvalue weighted by Crippen LogP contribution is -1.92. The summed E-state index contributed by atoms with van der Waals surface area (Å²) in [6.45, 7) is 6.72. The van der Waals surface area contributed by atoms with E-state index >= 15 is 0 Å². The van der Waals surface area contributed by atoms with Gasteiger partial charge in [-0.3, -0.25) is 0 Å². The molecule has 0 bridgehead atoms. The summed E-state index contributed by atoms with van der Waals surface area (Å²) in [5.41, 5.74) is 16.3. The highest BCUT2D eigenvalue weighted by Gasteiger charge is 2.14. The molecule has 0 aliphatic rings. The second-order valence-electron chi connectivity index (χ2n) is 13.9. The molecule has 0 aliphatic heterocycles. The van der Waals surface area contributed by atoms with Crippen molar-refractivity contribution in [3.63, 3.8) is 0 Å². The molecule has 0 atom stereocenters. The number of hydrogen-bond donors (Lipinski definition) is 0. The maximum Gasteiger partial charge on any atom is -0.00928 e. The van der Waals surface area contributed by atoms with Gasteiger partial charge in [-0.25, -0.2) is 0 Å². The maximum atomic E-state index is 2.40. The molecule has 0 spiro atoms. The third-order valence-electron chi connectivity index (χ3n) is 10.5. The molecule has 0 unspecified atom stereocenters. The van der Waals surface area contributed by atoms with Gasteiger partial charge in [0.2, 0.25) is 0 Å². The SMILES string of the molecule is Cc1cc(-c2cccc(-c3ccc(-c4ccccc4)cc3)c2)cc(-c2cc(C)c(-c3ccc4c5ccccc5c5ccccc5c4c3)cc2C)c1. The van der Waals surface area contributed by atoms with Crippen LogP contribution in [-0.4, -0.2) is 0 Å². The van der Waals surface area contributed by atoms with Gasteiger partial charge >= 0.3 is 0 Å². The Hall–Kier alpha value is -6.24. The van der Waals surface area contributed by atoms with E-state index in [0.29, 0.717) is 0 Å². The summed E-state index contributed by atoms with van der Waals surface area (Å²) in [6, 6.07) is 64.8. The van der Waals surface area contributed by atoms with Crippen LogP contribution >= 0.6 is 0 Å². The lowest BCUT2D eigenvalue weighted by molar-refractivity contribution is 1.38. The number of hydrogen-bond acceptors (Lipinski definition) is 0. The molecule has 0 aromatic heterocycles. The average molecular weight is 651 g/mol. The first-order chi connectivity index (χ1) is 25.0. The van der Waals surface area contributed by atoms with E-state index in [0.717, 1.165) is 0 Å². The van der Waals surface area contributed by atoms with Gasteiger partial charge in [0.1, 0.15) is 0 Å². The second kappa shape index (κ2) is 12.6. The Balaban J connectivity index is 1.08. The molecule has 9 aromatic rings. The van der Waals surface area contributed by atoms with Crippen molar-refractivity contribution in [1.82, 2.24) is 0 Å². The molecule has 0 heterocycles. The fraction of sp³-hybridized carbons (Fsp3) is 0.0588. The fourth-order valence-corrected chi connectivity index (χ4v) is 7.98. The monoisotopic (exact) mass is 650 g/mol. The van der Waals surface area contributed by atoms with E-state index in [9.17, 15) is 0 Å². The Bertz CT molecular complexity index is 2710. The molecule has 242 valence electrons. The summed E-state index contributed by atoms with van der Waals surface area (Å²) in [6.07, 6.45) is 0. The van der Waals surface area contributed by atoms with Crippen LogP contribution in [0.15, 0.2) is 176 Å². The van der Waals surface area contributed by atoms with E-state index in [4.69, 9.17) is 0 Å². The summed E-state index contributed by atoms with van der Waals surface area (Å²) >= 11 is 0. The predicted octanol–water partition coefficient (Wildman–Crippen LogP) is 14.4. The highest BCUT2D eigenvalue weighted by molar-refractivity contribution is 6.25. The number of aryl methyl sites for hydroxylation is 3. The summed E-state index contributed by atoms with van der Waals surface area (Å²) in [5.74, 6) is 0. The molecule has 0 saturated carbocycles. The molecular weight excluding hydrogens is 613 g/mol. The van der Waals surface area contributed by atoms with E-state index in [2.05, 4.69) is 197 Å². The van der Waals surface area contributed by atoms with Crippen molar-refractivity contribution in [2.45, 2.75) is 20.8 Å². The van der Waals surface area contributed by atoms with Crippen molar-refractivity contribution in [2.24, 2.45) is 0 Å². The molecule has 0 radical (unpaired) electrons. The van der Waals surface area contributed by atoms with Crippen LogP contribution in [0.1, 0.15) is 16.7 Å².